The van der Waals surface area contributed by atoms with Crippen LogP contribution < -0.4 is 20.1 Å². The van der Waals surface area contributed by atoms with Crippen LogP contribution in [-0.2, 0) is 6.54 Å². The molecular weight excluding hydrogens is 358 g/mol. The summed E-state index contributed by atoms with van der Waals surface area (Å²) in [4.78, 5) is 28.4. The summed E-state index contributed by atoms with van der Waals surface area (Å²) in [7, 11) is 0. The van der Waals surface area contributed by atoms with Gasteiger partial charge in [0, 0.05) is 30.2 Å². The van der Waals surface area contributed by atoms with Gasteiger partial charge in [0.1, 0.15) is 0 Å². The standard InChI is InChI=1S/C21H17N3O4/c25-20(15-5-8-18-19(10-15)28-13-27-18)23-11-14-3-6-17(7-4-14)24-21(26)16-2-1-9-22-12-16/h1-10,12H,11,13H2,(H,23,25)(H,24,26). The van der Waals surface area contributed by atoms with Crippen LogP contribution in [0.2, 0.25) is 0 Å². The summed E-state index contributed by atoms with van der Waals surface area (Å²) in [6.07, 6.45) is 3.12. The lowest BCUT2D eigenvalue weighted by atomic mass is 10.1. The van der Waals surface area contributed by atoms with E-state index in [2.05, 4.69) is 15.6 Å². The fourth-order valence-electron chi connectivity index (χ4n) is 2.73. The number of amides is 2. The van der Waals surface area contributed by atoms with Crippen LogP contribution in [0.25, 0.3) is 0 Å². The average molecular weight is 375 g/mol. The zero-order valence-corrected chi connectivity index (χ0v) is 14.8. The Labute approximate surface area is 161 Å². The summed E-state index contributed by atoms with van der Waals surface area (Å²) in [5.74, 6) is 0.783. The van der Waals surface area contributed by atoms with Gasteiger partial charge in [-0.15, -0.1) is 0 Å². The normalized spacial score (nSPS) is 11.7. The quantitative estimate of drug-likeness (QED) is 0.716. The number of ether oxygens (including phenoxy) is 2. The third-order valence-electron chi connectivity index (χ3n) is 4.22. The first-order valence-corrected chi connectivity index (χ1v) is 8.67. The van der Waals surface area contributed by atoms with Crippen molar-refractivity contribution >= 4 is 17.5 Å². The van der Waals surface area contributed by atoms with Crippen molar-refractivity contribution in [2.24, 2.45) is 0 Å². The largest absolute Gasteiger partial charge is 0.454 e. The summed E-state index contributed by atoms with van der Waals surface area (Å²) in [6, 6.07) is 15.7. The van der Waals surface area contributed by atoms with Crippen molar-refractivity contribution in [1.82, 2.24) is 10.3 Å². The molecule has 4 rings (SSSR count). The van der Waals surface area contributed by atoms with Crippen molar-refractivity contribution in [1.29, 1.82) is 0 Å². The van der Waals surface area contributed by atoms with Gasteiger partial charge in [0.15, 0.2) is 11.5 Å². The molecule has 140 valence electrons. The van der Waals surface area contributed by atoms with E-state index in [0.717, 1.165) is 5.56 Å². The van der Waals surface area contributed by atoms with Crippen molar-refractivity contribution in [2.75, 3.05) is 12.1 Å². The van der Waals surface area contributed by atoms with Gasteiger partial charge < -0.3 is 20.1 Å². The molecule has 2 heterocycles. The molecule has 28 heavy (non-hydrogen) atoms. The van der Waals surface area contributed by atoms with Gasteiger partial charge in [-0.2, -0.15) is 0 Å². The summed E-state index contributed by atoms with van der Waals surface area (Å²) >= 11 is 0. The zero-order chi connectivity index (χ0) is 19.3. The number of fused-ring (bicyclic) bond motifs is 1. The molecule has 2 amide bonds. The van der Waals surface area contributed by atoms with E-state index >= 15 is 0 Å². The third-order valence-corrected chi connectivity index (χ3v) is 4.22. The molecule has 0 saturated heterocycles. The zero-order valence-electron chi connectivity index (χ0n) is 14.8. The molecule has 0 fully saturated rings. The van der Waals surface area contributed by atoms with Crippen LogP contribution in [0.1, 0.15) is 26.3 Å². The number of anilines is 1. The maximum atomic E-state index is 12.3. The molecule has 2 aromatic carbocycles. The summed E-state index contributed by atoms with van der Waals surface area (Å²) in [5, 5.41) is 5.67. The topological polar surface area (TPSA) is 89.6 Å². The molecule has 7 heteroatoms. The van der Waals surface area contributed by atoms with Gasteiger partial charge in [-0.05, 0) is 48.0 Å². The van der Waals surface area contributed by atoms with E-state index in [1.165, 1.54) is 6.20 Å². The average Bonchev–Trinajstić information content (AvgIpc) is 3.21. The minimum Gasteiger partial charge on any atom is -0.454 e. The van der Waals surface area contributed by atoms with Crippen molar-refractivity contribution < 1.29 is 19.1 Å². The van der Waals surface area contributed by atoms with Gasteiger partial charge in [-0.25, -0.2) is 0 Å². The molecule has 0 aliphatic carbocycles. The van der Waals surface area contributed by atoms with Crippen LogP contribution in [0.15, 0.2) is 67.0 Å². The van der Waals surface area contributed by atoms with Crippen LogP contribution in [0.3, 0.4) is 0 Å². The summed E-state index contributed by atoms with van der Waals surface area (Å²) < 4.78 is 10.5. The van der Waals surface area contributed by atoms with Crippen LogP contribution in [0, 0.1) is 0 Å². The highest BCUT2D eigenvalue weighted by molar-refractivity contribution is 6.04. The lowest BCUT2D eigenvalue weighted by molar-refractivity contribution is 0.0949. The summed E-state index contributed by atoms with van der Waals surface area (Å²) in [5.41, 5.74) is 2.57. The highest BCUT2D eigenvalue weighted by Gasteiger charge is 2.16. The molecule has 7 nitrogen and oxygen atoms in total. The Balaban J connectivity index is 1.33. The maximum absolute atomic E-state index is 12.3. The molecule has 0 radical (unpaired) electrons. The third kappa shape index (κ3) is 3.93. The number of hydrogen-bond donors (Lipinski definition) is 2. The number of nitrogens with zero attached hydrogens (tertiary/aromatic N) is 1. The molecule has 0 unspecified atom stereocenters. The van der Waals surface area contributed by atoms with Gasteiger partial charge >= 0.3 is 0 Å². The second-order valence-electron chi connectivity index (χ2n) is 6.14. The highest BCUT2D eigenvalue weighted by atomic mass is 16.7. The Morgan fingerprint density at radius 1 is 0.929 bits per heavy atom. The molecule has 1 aliphatic heterocycles. The monoisotopic (exact) mass is 375 g/mol. The van der Waals surface area contributed by atoms with E-state index < -0.39 is 0 Å². The summed E-state index contributed by atoms with van der Waals surface area (Å²) in [6.45, 7) is 0.536. The molecule has 1 aliphatic rings. The number of pyridine rings is 1. The van der Waals surface area contributed by atoms with Crippen LogP contribution in [0.5, 0.6) is 11.5 Å². The first-order valence-electron chi connectivity index (χ1n) is 8.67. The molecule has 2 N–H and O–H groups in total. The highest BCUT2D eigenvalue weighted by Crippen LogP contribution is 2.32. The SMILES string of the molecule is O=C(NCc1ccc(NC(=O)c2cccnc2)cc1)c1ccc2c(c1)OCO2. The minimum atomic E-state index is -0.225. The fourth-order valence-corrected chi connectivity index (χ4v) is 2.73. The molecular formula is C21H17N3O4. The van der Waals surface area contributed by atoms with Crippen molar-refractivity contribution in [2.45, 2.75) is 6.54 Å². The van der Waals surface area contributed by atoms with Crippen LogP contribution in [-0.4, -0.2) is 23.6 Å². The Morgan fingerprint density at radius 2 is 1.75 bits per heavy atom. The van der Waals surface area contributed by atoms with E-state index in [1.54, 1.807) is 48.7 Å². The molecule has 0 atom stereocenters. The first kappa shape index (κ1) is 17.5. The van der Waals surface area contributed by atoms with E-state index in [1.807, 2.05) is 12.1 Å². The van der Waals surface area contributed by atoms with Crippen LogP contribution in [0.4, 0.5) is 5.69 Å². The van der Waals surface area contributed by atoms with Gasteiger partial charge in [0.25, 0.3) is 11.8 Å². The van der Waals surface area contributed by atoms with Crippen LogP contribution >= 0.6 is 0 Å². The maximum Gasteiger partial charge on any atom is 0.257 e. The number of nitrogens with one attached hydrogen (secondary N) is 2. The predicted molar refractivity (Wildman–Crippen MR) is 102 cm³/mol. The lowest BCUT2D eigenvalue weighted by Crippen LogP contribution is -2.22. The molecule has 3 aromatic rings. The number of hydrogen-bond acceptors (Lipinski definition) is 5. The van der Waals surface area contributed by atoms with Crippen molar-refractivity contribution in [3.63, 3.8) is 0 Å². The lowest BCUT2D eigenvalue weighted by Gasteiger charge is -2.08. The van der Waals surface area contributed by atoms with Gasteiger partial charge in [-0.3, -0.25) is 14.6 Å². The Hall–Kier alpha value is -3.87. The predicted octanol–water partition coefficient (Wildman–Crippen LogP) is 2.99. The number of aromatic nitrogens is 1. The number of carbonyl (C=O) groups excluding carboxylic acids is 2. The molecule has 0 spiro atoms. The van der Waals surface area contributed by atoms with Crippen molar-refractivity contribution in [3.8, 4) is 11.5 Å². The second kappa shape index (κ2) is 7.79. The first-order chi connectivity index (χ1) is 13.7. The Morgan fingerprint density at radius 3 is 2.54 bits per heavy atom. The van der Waals surface area contributed by atoms with E-state index in [-0.39, 0.29) is 18.6 Å². The fraction of sp³-hybridized carbons (Fsp3) is 0.0952. The van der Waals surface area contributed by atoms with Gasteiger partial charge in [-0.1, -0.05) is 12.1 Å². The number of carbonyl (C=O) groups is 2. The smallest absolute Gasteiger partial charge is 0.257 e. The van der Waals surface area contributed by atoms with Gasteiger partial charge in [0.2, 0.25) is 6.79 Å². The number of benzene rings is 2. The Kier molecular flexibility index (Phi) is 4.88. The van der Waals surface area contributed by atoms with E-state index in [9.17, 15) is 9.59 Å². The molecule has 0 saturated carbocycles. The second-order valence-corrected chi connectivity index (χ2v) is 6.14. The van der Waals surface area contributed by atoms with E-state index in [4.69, 9.17) is 9.47 Å². The molecule has 0 bridgehead atoms. The number of rotatable bonds is 5. The Bertz CT molecular complexity index is 1000. The van der Waals surface area contributed by atoms with Crippen molar-refractivity contribution in [3.05, 3.63) is 83.7 Å². The minimum absolute atomic E-state index is 0.171. The molecule has 1 aromatic heterocycles. The van der Waals surface area contributed by atoms with Gasteiger partial charge in [0.05, 0.1) is 5.56 Å². The van der Waals surface area contributed by atoms with E-state index in [0.29, 0.717) is 34.9 Å².